The van der Waals surface area contributed by atoms with Crippen LogP contribution in [0.5, 0.6) is 0 Å². The molecule has 0 spiro atoms. The Morgan fingerprint density at radius 2 is 2.13 bits per heavy atom. The molecule has 0 bridgehead atoms. The maximum absolute atomic E-state index is 11.0. The summed E-state index contributed by atoms with van der Waals surface area (Å²) in [5.74, 6) is -0.909. The molecule has 2 heterocycles. The van der Waals surface area contributed by atoms with Crippen LogP contribution >= 0.6 is 0 Å². The number of guanidine groups is 1. The Balaban J connectivity index is 0.000000230. The number of aromatic nitrogens is 4. The van der Waals surface area contributed by atoms with E-state index in [0.29, 0.717) is 30.6 Å². The van der Waals surface area contributed by atoms with Crippen LogP contribution < -0.4 is 28.5 Å². The van der Waals surface area contributed by atoms with Gasteiger partial charge in [-0.05, 0) is 12.8 Å². The third kappa shape index (κ3) is 6.01. The van der Waals surface area contributed by atoms with Crippen LogP contribution in [0, 0.1) is 0 Å². The molecule has 0 aliphatic carbocycles. The Kier molecular flexibility index (Phi) is 6.48. The number of nitrogens with zero attached hydrogens (tertiary/aromatic N) is 3. The van der Waals surface area contributed by atoms with Gasteiger partial charge in [0.15, 0.2) is 17.1 Å². The average Bonchev–Trinajstić information content (AvgIpc) is 2.92. The molecule has 0 saturated carbocycles. The molecule has 12 nitrogen and oxygen atoms in total. The normalized spacial score (nSPS) is 11.3. The van der Waals surface area contributed by atoms with E-state index < -0.39 is 12.0 Å². The first kappa shape index (κ1) is 17.9. The molecule has 2 aromatic rings. The van der Waals surface area contributed by atoms with E-state index in [2.05, 4.69) is 24.9 Å². The fourth-order valence-electron chi connectivity index (χ4n) is 1.50. The van der Waals surface area contributed by atoms with E-state index in [0.717, 1.165) is 0 Å². The van der Waals surface area contributed by atoms with Crippen LogP contribution in [-0.4, -0.2) is 49.6 Å². The van der Waals surface area contributed by atoms with Gasteiger partial charge in [0, 0.05) is 6.54 Å². The molecule has 0 radical (unpaired) electrons. The minimum atomic E-state index is -1.00. The lowest BCUT2D eigenvalue weighted by molar-refractivity contribution is -0.138. The molecule has 126 valence electrons. The molecule has 0 aliphatic heterocycles. The van der Waals surface area contributed by atoms with Crippen LogP contribution in [0.4, 0.5) is 5.95 Å². The number of carboxylic acids is 1. The molecule has 2 aromatic heterocycles. The predicted octanol–water partition coefficient (Wildman–Crippen LogP) is -2.32. The molecule has 1 atom stereocenters. The zero-order valence-electron chi connectivity index (χ0n) is 12.2. The molecule has 11 N–H and O–H groups in total. The summed E-state index contributed by atoms with van der Waals surface area (Å²) in [5.41, 5.74) is 21.0. The second kappa shape index (κ2) is 8.33. The number of anilines is 1. The second-order valence-electron chi connectivity index (χ2n) is 4.45. The van der Waals surface area contributed by atoms with Crippen molar-refractivity contribution < 1.29 is 9.90 Å². The van der Waals surface area contributed by atoms with Crippen LogP contribution in [0.15, 0.2) is 16.1 Å². The van der Waals surface area contributed by atoms with Gasteiger partial charge in [-0.2, -0.15) is 4.98 Å². The number of rotatable bonds is 5. The lowest BCUT2D eigenvalue weighted by atomic mass is 10.2. The van der Waals surface area contributed by atoms with Crippen molar-refractivity contribution in [1.29, 1.82) is 0 Å². The van der Waals surface area contributed by atoms with Gasteiger partial charge in [0.1, 0.15) is 6.04 Å². The van der Waals surface area contributed by atoms with Crippen molar-refractivity contribution in [1.82, 2.24) is 19.9 Å². The quantitative estimate of drug-likeness (QED) is 0.177. The number of nitrogen functional groups attached to an aromatic ring is 1. The monoisotopic (exact) mass is 325 g/mol. The lowest BCUT2D eigenvalue weighted by Gasteiger charge is -2.03. The van der Waals surface area contributed by atoms with Crippen LogP contribution in [0.2, 0.25) is 0 Å². The fourth-order valence-corrected chi connectivity index (χ4v) is 1.50. The van der Waals surface area contributed by atoms with Crippen molar-refractivity contribution in [3.05, 3.63) is 16.7 Å². The molecule has 1 unspecified atom stereocenters. The van der Waals surface area contributed by atoms with Crippen LogP contribution in [0.3, 0.4) is 0 Å². The largest absolute Gasteiger partial charge is 0.480 e. The molecule has 0 fully saturated rings. The van der Waals surface area contributed by atoms with Crippen molar-refractivity contribution in [2.24, 2.45) is 22.2 Å². The van der Waals surface area contributed by atoms with Gasteiger partial charge in [-0.25, -0.2) is 4.98 Å². The van der Waals surface area contributed by atoms with E-state index >= 15 is 0 Å². The highest BCUT2D eigenvalue weighted by atomic mass is 16.4. The number of hydrogen-bond acceptors (Lipinski definition) is 7. The topological polar surface area (TPSA) is 228 Å². The molecule has 0 aliphatic rings. The molecular weight excluding hydrogens is 306 g/mol. The van der Waals surface area contributed by atoms with Gasteiger partial charge in [0.2, 0.25) is 5.95 Å². The van der Waals surface area contributed by atoms with Crippen molar-refractivity contribution in [2.45, 2.75) is 18.9 Å². The Morgan fingerprint density at radius 3 is 2.74 bits per heavy atom. The highest BCUT2D eigenvalue weighted by Gasteiger charge is 2.09. The zero-order valence-corrected chi connectivity index (χ0v) is 12.2. The van der Waals surface area contributed by atoms with Gasteiger partial charge in [0.05, 0.1) is 6.33 Å². The second-order valence-corrected chi connectivity index (χ2v) is 4.45. The van der Waals surface area contributed by atoms with Crippen molar-refractivity contribution in [3.8, 4) is 0 Å². The molecule has 2 rings (SSSR count). The number of fused-ring (bicyclic) bond motifs is 1. The van der Waals surface area contributed by atoms with Gasteiger partial charge in [-0.15, -0.1) is 0 Å². The summed E-state index contributed by atoms with van der Waals surface area (Å²) in [5, 5.41) is 8.38. The van der Waals surface area contributed by atoms with Crippen molar-refractivity contribution in [3.63, 3.8) is 0 Å². The molecule has 0 amide bonds. The number of carbonyl (C=O) groups is 1. The minimum absolute atomic E-state index is 0.0129. The number of hydrogen-bond donors (Lipinski definition) is 7. The van der Waals surface area contributed by atoms with Gasteiger partial charge < -0.3 is 33.0 Å². The van der Waals surface area contributed by atoms with Gasteiger partial charge in [0.25, 0.3) is 5.56 Å². The van der Waals surface area contributed by atoms with E-state index in [1.807, 2.05) is 0 Å². The predicted molar refractivity (Wildman–Crippen MR) is 84.4 cm³/mol. The van der Waals surface area contributed by atoms with Gasteiger partial charge >= 0.3 is 5.97 Å². The highest BCUT2D eigenvalue weighted by molar-refractivity contribution is 5.75. The Hall–Kier alpha value is -3.15. The Labute approximate surface area is 130 Å². The maximum Gasteiger partial charge on any atom is 0.320 e. The minimum Gasteiger partial charge on any atom is -0.480 e. The third-order valence-electron chi connectivity index (χ3n) is 2.60. The number of aromatic amines is 2. The van der Waals surface area contributed by atoms with E-state index in [1.165, 1.54) is 6.33 Å². The first-order valence-electron chi connectivity index (χ1n) is 6.54. The summed E-state index contributed by atoms with van der Waals surface area (Å²) < 4.78 is 0. The van der Waals surface area contributed by atoms with Gasteiger partial charge in [-0.3, -0.25) is 19.6 Å². The zero-order chi connectivity index (χ0) is 17.4. The van der Waals surface area contributed by atoms with E-state index in [4.69, 9.17) is 28.0 Å². The van der Waals surface area contributed by atoms with Crippen molar-refractivity contribution in [2.75, 3.05) is 12.3 Å². The summed E-state index contributed by atoms with van der Waals surface area (Å²) >= 11 is 0. The average molecular weight is 325 g/mol. The third-order valence-corrected chi connectivity index (χ3v) is 2.60. The number of imidazole rings is 1. The number of H-pyrrole nitrogens is 2. The van der Waals surface area contributed by atoms with Crippen molar-refractivity contribution >= 4 is 29.0 Å². The Morgan fingerprint density at radius 1 is 1.43 bits per heavy atom. The standard InChI is InChI=1S/C6H14N4O2.C5H5N5O/c7-4(5(11)12)2-1-3-10-6(8)9;6-5-9-3-2(4(11)10-5)7-1-8-3/h4H,1-3,7H2,(H,11,12)(H4,8,9,10);1H,(H4,6,7,8,9,10,11). The van der Waals surface area contributed by atoms with Crippen LogP contribution in [0.1, 0.15) is 12.8 Å². The summed E-state index contributed by atoms with van der Waals surface area (Å²) in [6, 6.07) is -0.820. The van der Waals surface area contributed by atoms with E-state index in [1.54, 1.807) is 0 Å². The lowest BCUT2D eigenvalue weighted by Crippen LogP contribution is -2.30. The SMILES string of the molecule is NC(N)=NCCCC(N)C(=O)O.Nc1nc2nc[nH]c2c(=O)[nH]1. The molecule has 0 aromatic carbocycles. The highest BCUT2D eigenvalue weighted by Crippen LogP contribution is 1.98. The van der Waals surface area contributed by atoms with E-state index in [9.17, 15) is 9.59 Å². The first-order chi connectivity index (χ1) is 10.8. The van der Waals surface area contributed by atoms with E-state index in [-0.39, 0.29) is 17.5 Å². The number of aliphatic carboxylic acids is 1. The summed E-state index contributed by atoms with van der Waals surface area (Å²) in [7, 11) is 0. The molecular formula is C11H19N9O3. The smallest absolute Gasteiger partial charge is 0.320 e. The van der Waals surface area contributed by atoms with Gasteiger partial charge in [-0.1, -0.05) is 0 Å². The van der Waals surface area contributed by atoms with Crippen LogP contribution in [0.25, 0.3) is 11.2 Å². The fraction of sp³-hybridized carbons (Fsp3) is 0.364. The maximum atomic E-state index is 11.0. The number of aliphatic imine (C=N–C) groups is 1. The molecule has 12 heteroatoms. The number of nitrogens with two attached hydrogens (primary N) is 4. The summed E-state index contributed by atoms with van der Waals surface area (Å²) in [4.78, 5) is 37.4. The Bertz CT molecular complexity index is 732. The number of carboxylic acid groups (broad SMARTS) is 1. The molecule has 0 saturated heterocycles. The molecule has 23 heavy (non-hydrogen) atoms. The first-order valence-corrected chi connectivity index (χ1v) is 6.54. The van der Waals surface area contributed by atoms with Crippen LogP contribution in [-0.2, 0) is 4.79 Å². The summed E-state index contributed by atoms with van der Waals surface area (Å²) in [6.07, 6.45) is 2.35. The number of nitrogens with one attached hydrogen (secondary N) is 2. The summed E-state index contributed by atoms with van der Waals surface area (Å²) in [6.45, 7) is 0.420.